The topological polar surface area (TPSA) is 43.8 Å². The van der Waals surface area contributed by atoms with Crippen molar-refractivity contribution in [1.29, 1.82) is 0 Å². The molecule has 0 fully saturated rings. The van der Waals surface area contributed by atoms with Crippen LogP contribution in [0.5, 0.6) is 0 Å². The Kier molecular flexibility index (Phi) is 2.26. The Bertz CT molecular complexity index is 476. The van der Waals surface area contributed by atoms with Crippen molar-refractivity contribution in [1.82, 2.24) is 9.55 Å². The zero-order valence-corrected chi connectivity index (χ0v) is 9.08. The number of aryl methyl sites for hydroxylation is 1. The zero-order valence-electron chi connectivity index (χ0n) is 9.08. The Labute approximate surface area is 94.9 Å². The summed E-state index contributed by atoms with van der Waals surface area (Å²) in [6.45, 7) is 0. The van der Waals surface area contributed by atoms with E-state index in [1.54, 1.807) is 0 Å². The van der Waals surface area contributed by atoms with E-state index in [0.717, 1.165) is 12.8 Å². The number of rotatable bonds is 1. The maximum atomic E-state index is 6.33. The molecule has 0 saturated carbocycles. The maximum absolute atomic E-state index is 6.33. The van der Waals surface area contributed by atoms with Crippen LogP contribution in [0.25, 0.3) is 0 Å². The molecule has 82 valence electrons. The van der Waals surface area contributed by atoms with Gasteiger partial charge in [0.15, 0.2) is 0 Å². The summed E-state index contributed by atoms with van der Waals surface area (Å²) < 4.78 is 2.13. The van der Waals surface area contributed by atoms with Crippen LogP contribution in [-0.2, 0) is 6.42 Å². The molecular weight excluding hydrogens is 198 g/mol. The Hall–Kier alpha value is -1.61. The predicted octanol–water partition coefficient (Wildman–Crippen LogP) is 2.07. The van der Waals surface area contributed by atoms with Gasteiger partial charge in [0.25, 0.3) is 0 Å². The molecule has 0 radical (unpaired) electrons. The van der Waals surface area contributed by atoms with Gasteiger partial charge in [-0.3, -0.25) is 0 Å². The number of hydrogen-bond acceptors (Lipinski definition) is 2. The monoisotopic (exact) mass is 213 g/mol. The number of aromatic nitrogens is 2. The van der Waals surface area contributed by atoms with E-state index in [1.807, 2.05) is 18.7 Å². The van der Waals surface area contributed by atoms with Gasteiger partial charge >= 0.3 is 0 Å². The van der Waals surface area contributed by atoms with Crippen molar-refractivity contribution in [2.75, 3.05) is 0 Å². The van der Waals surface area contributed by atoms with Crippen LogP contribution in [-0.4, -0.2) is 9.55 Å². The fourth-order valence-corrected chi connectivity index (χ4v) is 2.58. The second-order valence-corrected chi connectivity index (χ2v) is 4.34. The van der Waals surface area contributed by atoms with Crippen LogP contribution < -0.4 is 5.73 Å². The Morgan fingerprint density at radius 3 is 3.00 bits per heavy atom. The van der Waals surface area contributed by atoms with Crippen LogP contribution in [0.2, 0.25) is 0 Å². The molecule has 2 atom stereocenters. The molecule has 0 spiro atoms. The minimum atomic E-state index is 0.0825. The van der Waals surface area contributed by atoms with Crippen LogP contribution in [0.3, 0.4) is 0 Å². The van der Waals surface area contributed by atoms with Crippen LogP contribution in [0.1, 0.15) is 29.6 Å². The molecule has 1 heterocycles. The first-order valence-corrected chi connectivity index (χ1v) is 5.67. The lowest BCUT2D eigenvalue weighted by molar-refractivity contribution is 0.370. The number of nitrogens with two attached hydrogens (primary N) is 1. The van der Waals surface area contributed by atoms with Crippen LogP contribution in [0.4, 0.5) is 0 Å². The van der Waals surface area contributed by atoms with Gasteiger partial charge in [0, 0.05) is 12.4 Å². The largest absolute Gasteiger partial charge is 0.333 e. The van der Waals surface area contributed by atoms with Crippen LogP contribution >= 0.6 is 0 Å². The van der Waals surface area contributed by atoms with E-state index >= 15 is 0 Å². The average Bonchev–Trinajstić information content (AvgIpc) is 2.83. The van der Waals surface area contributed by atoms with Gasteiger partial charge in [0.05, 0.1) is 18.4 Å². The Morgan fingerprint density at radius 2 is 2.19 bits per heavy atom. The summed E-state index contributed by atoms with van der Waals surface area (Å²) in [5.41, 5.74) is 9.01. The van der Waals surface area contributed by atoms with Gasteiger partial charge in [-0.2, -0.15) is 0 Å². The summed E-state index contributed by atoms with van der Waals surface area (Å²) in [5.74, 6) is 0. The van der Waals surface area contributed by atoms with Gasteiger partial charge in [-0.05, 0) is 24.0 Å². The first kappa shape index (κ1) is 9.60. The number of nitrogens with zero attached hydrogens (tertiary/aromatic N) is 2. The molecule has 1 aliphatic rings. The van der Waals surface area contributed by atoms with Crippen molar-refractivity contribution in [3.8, 4) is 0 Å². The smallest absolute Gasteiger partial charge is 0.0949 e. The summed E-state index contributed by atoms with van der Waals surface area (Å²) in [6.07, 6.45) is 7.87. The minimum absolute atomic E-state index is 0.0825. The lowest BCUT2D eigenvalue weighted by Crippen LogP contribution is -2.29. The summed E-state index contributed by atoms with van der Waals surface area (Å²) in [4.78, 5) is 4.10. The molecule has 3 rings (SSSR count). The second kappa shape index (κ2) is 3.76. The average molecular weight is 213 g/mol. The van der Waals surface area contributed by atoms with Crippen molar-refractivity contribution in [2.45, 2.75) is 24.9 Å². The summed E-state index contributed by atoms with van der Waals surface area (Å²) in [5, 5.41) is 0. The summed E-state index contributed by atoms with van der Waals surface area (Å²) >= 11 is 0. The number of benzene rings is 1. The second-order valence-electron chi connectivity index (χ2n) is 4.34. The standard InChI is InChI=1S/C13H15N3/c14-13-11-4-2-1-3-10(11)5-6-12(13)16-8-7-15-9-16/h1-4,7-9,12-13H,5-6,14H2/t12-,13+/m1/s1. The highest BCUT2D eigenvalue weighted by Crippen LogP contribution is 2.35. The lowest BCUT2D eigenvalue weighted by atomic mass is 9.84. The molecule has 3 nitrogen and oxygen atoms in total. The molecule has 1 aliphatic carbocycles. The zero-order chi connectivity index (χ0) is 11.0. The molecule has 3 heteroatoms. The van der Waals surface area contributed by atoms with Crippen LogP contribution in [0.15, 0.2) is 43.0 Å². The highest BCUT2D eigenvalue weighted by molar-refractivity contribution is 5.33. The Morgan fingerprint density at radius 1 is 1.31 bits per heavy atom. The fourth-order valence-electron chi connectivity index (χ4n) is 2.58. The minimum Gasteiger partial charge on any atom is -0.333 e. The van der Waals surface area contributed by atoms with Crippen molar-refractivity contribution in [3.05, 3.63) is 54.1 Å². The molecule has 0 aliphatic heterocycles. The fraction of sp³-hybridized carbons (Fsp3) is 0.308. The van der Waals surface area contributed by atoms with E-state index in [-0.39, 0.29) is 6.04 Å². The molecule has 2 aromatic rings. The van der Waals surface area contributed by atoms with Crippen molar-refractivity contribution in [2.24, 2.45) is 5.73 Å². The number of fused-ring (bicyclic) bond motifs is 1. The number of imidazole rings is 1. The number of hydrogen-bond donors (Lipinski definition) is 1. The van der Waals surface area contributed by atoms with E-state index in [2.05, 4.69) is 33.8 Å². The van der Waals surface area contributed by atoms with Crippen molar-refractivity contribution in [3.63, 3.8) is 0 Å². The highest BCUT2D eigenvalue weighted by atomic mass is 15.1. The van der Waals surface area contributed by atoms with Gasteiger partial charge in [0.1, 0.15) is 0 Å². The third-order valence-electron chi connectivity index (χ3n) is 3.45. The van der Waals surface area contributed by atoms with E-state index in [0.29, 0.717) is 6.04 Å². The normalized spacial score (nSPS) is 24.1. The predicted molar refractivity (Wildman–Crippen MR) is 63.0 cm³/mol. The highest BCUT2D eigenvalue weighted by Gasteiger charge is 2.27. The van der Waals surface area contributed by atoms with Gasteiger partial charge in [0.2, 0.25) is 0 Å². The molecular formula is C13H15N3. The third kappa shape index (κ3) is 1.44. The molecule has 1 aromatic carbocycles. The van der Waals surface area contributed by atoms with Crippen molar-refractivity contribution < 1.29 is 0 Å². The molecule has 0 amide bonds. The van der Waals surface area contributed by atoms with Crippen LogP contribution in [0, 0.1) is 0 Å². The Balaban J connectivity index is 1.98. The first-order valence-electron chi connectivity index (χ1n) is 5.67. The molecule has 0 saturated heterocycles. The van der Waals surface area contributed by atoms with E-state index < -0.39 is 0 Å². The van der Waals surface area contributed by atoms with Gasteiger partial charge in [-0.15, -0.1) is 0 Å². The van der Waals surface area contributed by atoms with Gasteiger partial charge in [-0.25, -0.2) is 4.98 Å². The van der Waals surface area contributed by atoms with E-state index in [4.69, 9.17) is 5.73 Å². The summed E-state index contributed by atoms with van der Waals surface area (Å²) in [6, 6.07) is 8.90. The molecule has 1 aromatic heterocycles. The third-order valence-corrected chi connectivity index (χ3v) is 3.45. The van der Waals surface area contributed by atoms with Gasteiger partial charge in [-0.1, -0.05) is 24.3 Å². The molecule has 0 bridgehead atoms. The maximum Gasteiger partial charge on any atom is 0.0949 e. The van der Waals surface area contributed by atoms with Gasteiger partial charge < -0.3 is 10.3 Å². The molecule has 2 N–H and O–H groups in total. The molecule has 0 unspecified atom stereocenters. The van der Waals surface area contributed by atoms with E-state index in [9.17, 15) is 0 Å². The van der Waals surface area contributed by atoms with E-state index in [1.165, 1.54) is 11.1 Å². The molecule has 16 heavy (non-hydrogen) atoms. The quantitative estimate of drug-likeness (QED) is 0.788. The summed E-state index contributed by atoms with van der Waals surface area (Å²) in [7, 11) is 0. The first-order chi connectivity index (χ1) is 7.86. The SMILES string of the molecule is N[C@H]1c2ccccc2CC[C@H]1n1ccnc1. The van der Waals surface area contributed by atoms with Crippen molar-refractivity contribution >= 4 is 0 Å². The lowest BCUT2D eigenvalue weighted by Gasteiger charge is -2.31.